The molecule has 2 saturated heterocycles. The Morgan fingerprint density at radius 3 is 2.45 bits per heavy atom. The molecule has 7 nitrogen and oxygen atoms in total. The molecule has 3 heterocycles. The second-order valence-electron chi connectivity index (χ2n) is 7.63. The molecule has 2 fully saturated rings. The number of hydrogen-bond donors (Lipinski definition) is 1. The molecular weight excluding hydrogens is 404 g/mol. The summed E-state index contributed by atoms with van der Waals surface area (Å²) in [6.45, 7) is 3.27. The summed E-state index contributed by atoms with van der Waals surface area (Å²) in [5, 5.41) is 4.23. The number of amides is 2. The highest BCUT2D eigenvalue weighted by atomic mass is 35.5. The highest BCUT2D eigenvalue weighted by molar-refractivity contribution is 6.30. The van der Waals surface area contributed by atoms with E-state index >= 15 is 0 Å². The lowest BCUT2D eigenvalue weighted by molar-refractivity contribution is 0.1000. The van der Waals surface area contributed by atoms with Crippen molar-refractivity contribution in [3.8, 4) is 0 Å². The lowest BCUT2D eigenvalue weighted by Crippen LogP contribution is -2.36. The van der Waals surface area contributed by atoms with Crippen molar-refractivity contribution in [2.75, 3.05) is 26.2 Å². The first-order chi connectivity index (χ1) is 13.8. The number of aromatic nitrogens is 2. The van der Waals surface area contributed by atoms with Crippen molar-refractivity contribution in [2.45, 2.75) is 13.0 Å². The number of halogens is 3. The molecule has 2 atom stereocenters. The molecule has 29 heavy (non-hydrogen) atoms. The van der Waals surface area contributed by atoms with Crippen LogP contribution in [0.5, 0.6) is 0 Å². The quantitative estimate of drug-likeness (QED) is 0.819. The molecule has 0 spiro atoms. The van der Waals surface area contributed by atoms with Crippen LogP contribution in [0.25, 0.3) is 0 Å². The van der Waals surface area contributed by atoms with Crippen molar-refractivity contribution in [1.29, 1.82) is 0 Å². The van der Waals surface area contributed by atoms with Crippen LogP contribution >= 0.6 is 11.6 Å². The minimum Gasteiger partial charge on any atom is -0.366 e. The molecule has 0 radical (unpaired) electrons. The molecule has 154 valence electrons. The van der Waals surface area contributed by atoms with Crippen LogP contribution in [0.1, 0.15) is 27.9 Å². The topological polar surface area (TPSA) is 84.5 Å². The van der Waals surface area contributed by atoms with Gasteiger partial charge in [0.05, 0.1) is 11.8 Å². The predicted octanol–water partition coefficient (Wildman–Crippen LogP) is 2.60. The summed E-state index contributed by atoms with van der Waals surface area (Å²) in [4.78, 5) is 27.7. The van der Waals surface area contributed by atoms with Gasteiger partial charge in [-0.25, -0.2) is 13.6 Å². The maximum atomic E-state index is 13.0. The van der Waals surface area contributed by atoms with Crippen LogP contribution < -0.4 is 5.73 Å². The van der Waals surface area contributed by atoms with Crippen LogP contribution in [-0.2, 0) is 6.54 Å². The van der Waals surface area contributed by atoms with Gasteiger partial charge in [0, 0.05) is 49.5 Å². The van der Waals surface area contributed by atoms with Gasteiger partial charge in [-0.05, 0) is 35.6 Å². The van der Waals surface area contributed by atoms with Gasteiger partial charge >= 0.3 is 6.03 Å². The number of rotatable bonds is 4. The van der Waals surface area contributed by atoms with Gasteiger partial charge in [0.1, 0.15) is 0 Å². The predicted molar refractivity (Wildman–Crippen MR) is 102 cm³/mol. The van der Waals surface area contributed by atoms with Crippen molar-refractivity contribution < 1.29 is 18.4 Å². The largest absolute Gasteiger partial charge is 0.366 e. The number of nitrogens with two attached hydrogens (primary N) is 1. The zero-order valence-electron chi connectivity index (χ0n) is 15.5. The number of fused-ring (bicyclic) bond motifs is 1. The molecule has 2 aliphatic heterocycles. The second-order valence-corrected chi connectivity index (χ2v) is 8.07. The van der Waals surface area contributed by atoms with Crippen molar-refractivity contribution >= 4 is 23.5 Å². The molecule has 0 saturated carbocycles. The van der Waals surface area contributed by atoms with E-state index < -0.39 is 12.3 Å². The summed E-state index contributed by atoms with van der Waals surface area (Å²) in [5.74, 6) is -0.0215. The summed E-state index contributed by atoms with van der Waals surface area (Å²) in [6, 6.07) is 4.21. The molecule has 10 heteroatoms. The molecule has 2 aromatic rings. The first-order valence-electron chi connectivity index (χ1n) is 9.24. The van der Waals surface area contributed by atoms with Crippen LogP contribution in [0.2, 0.25) is 5.02 Å². The average Bonchev–Trinajstić information content (AvgIpc) is 3.35. The van der Waals surface area contributed by atoms with Crippen LogP contribution in [-0.4, -0.2) is 57.7 Å². The number of carbonyl (C=O) groups excluding carboxylic acids is 2. The first kappa shape index (κ1) is 19.8. The lowest BCUT2D eigenvalue weighted by Gasteiger charge is -2.21. The van der Waals surface area contributed by atoms with Crippen molar-refractivity contribution in [2.24, 2.45) is 17.6 Å². The summed E-state index contributed by atoms with van der Waals surface area (Å²) < 4.78 is 27.1. The molecular formula is C19H20ClF2N5O2. The number of benzene rings is 1. The van der Waals surface area contributed by atoms with E-state index in [1.54, 1.807) is 11.0 Å². The van der Waals surface area contributed by atoms with Crippen molar-refractivity contribution in [3.05, 3.63) is 52.3 Å². The zero-order valence-corrected chi connectivity index (χ0v) is 16.2. The van der Waals surface area contributed by atoms with E-state index in [1.165, 1.54) is 24.5 Å². The summed E-state index contributed by atoms with van der Waals surface area (Å²) in [6.07, 6.45) is 0.0600. The van der Waals surface area contributed by atoms with Crippen molar-refractivity contribution in [3.63, 3.8) is 0 Å². The van der Waals surface area contributed by atoms with E-state index in [4.69, 9.17) is 17.3 Å². The van der Waals surface area contributed by atoms with Gasteiger partial charge in [-0.3, -0.25) is 9.69 Å². The molecule has 4 rings (SSSR count). The van der Waals surface area contributed by atoms with Crippen molar-refractivity contribution in [1.82, 2.24) is 19.6 Å². The molecule has 2 unspecified atom stereocenters. The van der Waals surface area contributed by atoms with E-state index in [-0.39, 0.29) is 17.2 Å². The Kier molecular flexibility index (Phi) is 5.26. The highest BCUT2D eigenvalue weighted by Gasteiger charge is 2.42. The molecule has 1 aromatic carbocycles. The SMILES string of the molecule is NC(=O)c1cnn(C(=O)N2CC3CN(Cc4cc(Cl)cc(C(F)F)c4)CC3C2)c1. The summed E-state index contributed by atoms with van der Waals surface area (Å²) >= 11 is 5.98. The number of hydrogen-bond acceptors (Lipinski definition) is 4. The molecule has 2 aliphatic rings. The number of alkyl halides is 2. The van der Waals surface area contributed by atoms with E-state index in [1.807, 2.05) is 0 Å². The molecule has 2 N–H and O–H groups in total. The summed E-state index contributed by atoms with van der Waals surface area (Å²) in [7, 11) is 0. The standard InChI is InChI=1S/C19H20ClF2N5O2/c20-16-2-11(1-12(3-16)17(21)22)5-25-6-14-8-26(9-15(14)7-25)19(29)27-10-13(4-24-27)18(23)28/h1-4,10,14-15,17H,5-9H2,(H2,23,28). The maximum absolute atomic E-state index is 13.0. The van der Waals surface area contributed by atoms with Gasteiger partial charge in [-0.1, -0.05) is 11.6 Å². The maximum Gasteiger partial charge on any atom is 0.344 e. The van der Waals surface area contributed by atoms with Gasteiger partial charge in [0.25, 0.3) is 12.3 Å². The third-order valence-electron chi connectivity index (χ3n) is 5.53. The zero-order chi connectivity index (χ0) is 20.7. The van der Waals surface area contributed by atoms with Gasteiger partial charge < -0.3 is 10.6 Å². The third-order valence-corrected chi connectivity index (χ3v) is 5.75. The Bertz CT molecular complexity index is 936. The lowest BCUT2D eigenvalue weighted by atomic mass is 10.0. The summed E-state index contributed by atoms with van der Waals surface area (Å²) in [5.41, 5.74) is 6.07. The van der Waals surface area contributed by atoms with Gasteiger partial charge in [0.15, 0.2) is 0 Å². The fourth-order valence-electron chi connectivity index (χ4n) is 4.23. The Morgan fingerprint density at radius 1 is 1.17 bits per heavy atom. The van der Waals surface area contributed by atoms with Crippen LogP contribution in [0.4, 0.5) is 13.6 Å². The van der Waals surface area contributed by atoms with Crippen LogP contribution in [0.15, 0.2) is 30.6 Å². The average molecular weight is 424 g/mol. The normalized spacial score (nSPS) is 21.7. The van der Waals surface area contributed by atoms with E-state index in [9.17, 15) is 18.4 Å². The Morgan fingerprint density at radius 2 is 1.86 bits per heavy atom. The molecule has 2 amide bonds. The Balaban J connectivity index is 1.36. The Hall–Kier alpha value is -2.52. The third kappa shape index (κ3) is 4.11. The molecule has 0 bridgehead atoms. The van der Waals surface area contributed by atoms with Gasteiger partial charge in [-0.15, -0.1) is 0 Å². The number of likely N-dealkylation sites (tertiary alicyclic amines) is 2. The van der Waals surface area contributed by atoms with Crippen LogP contribution in [0, 0.1) is 11.8 Å². The van der Waals surface area contributed by atoms with E-state index in [0.29, 0.717) is 36.5 Å². The number of carbonyl (C=O) groups is 2. The number of nitrogens with zero attached hydrogens (tertiary/aromatic N) is 4. The minimum absolute atomic E-state index is 0.0711. The van der Waals surface area contributed by atoms with Gasteiger partial charge in [0.2, 0.25) is 0 Å². The number of primary amides is 1. The highest BCUT2D eigenvalue weighted by Crippen LogP contribution is 2.33. The van der Waals surface area contributed by atoms with Crippen LogP contribution in [0.3, 0.4) is 0 Å². The van der Waals surface area contributed by atoms with E-state index in [0.717, 1.165) is 23.3 Å². The fraction of sp³-hybridized carbons (Fsp3) is 0.421. The molecule has 1 aromatic heterocycles. The monoisotopic (exact) mass is 423 g/mol. The van der Waals surface area contributed by atoms with Gasteiger partial charge in [-0.2, -0.15) is 9.78 Å². The fourth-order valence-corrected chi connectivity index (χ4v) is 4.49. The smallest absolute Gasteiger partial charge is 0.344 e. The van der Waals surface area contributed by atoms with E-state index in [2.05, 4.69) is 10.00 Å². The molecule has 0 aliphatic carbocycles. The second kappa shape index (κ2) is 7.72. The first-order valence-corrected chi connectivity index (χ1v) is 9.61. The minimum atomic E-state index is -2.55. The Labute approximate surface area is 171 Å².